The Bertz CT molecular complexity index is 1390. The van der Waals surface area contributed by atoms with Gasteiger partial charge in [0.2, 0.25) is 0 Å². The fraction of sp³-hybridized carbons (Fsp3) is 0.273. The molecule has 0 radical (unpaired) electrons. The van der Waals surface area contributed by atoms with Gasteiger partial charge in [-0.3, -0.25) is 9.97 Å². The van der Waals surface area contributed by atoms with E-state index < -0.39 is 29.7 Å². The highest BCUT2D eigenvalue weighted by molar-refractivity contribution is 6.02. The number of aryl methyl sites for hydroxylation is 2. The van der Waals surface area contributed by atoms with E-state index in [1.54, 1.807) is 13.0 Å². The van der Waals surface area contributed by atoms with Crippen LogP contribution in [0.4, 0.5) is 29.3 Å². The second-order valence-electron chi connectivity index (χ2n) is 7.67. The molecule has 10 nitrogen and oxygen atoms in total. The molecule has 0 spiro atoms. The van der Waals surface area contributed by atoms with E-state index >= 15 is 0 Å². The maximum atomic E-state index is 13.7. The van der Waals surface area contributed by atoms with Gasteiger partial charge < -0.3 is 15.4 Å². The number of amides is 2. The molecule has 4 rings (SSSR count). The molecule has 2 N–H and O–H groups in total. The first-order chi connectivity index (χ1) is 16.6. The van der Waals surface area contributed by atoms with Crippen molar-refractivity contribution in [3.05, 3.63) is 59.3 Å². The molecular weight excluding hydrogens is 465 g/mol. The van der Waals surface area contributed by atoms with E-state index in [0.717, 1.165) is 16.6 Å². The monoisotopic (exact) mass is 486 g/mol. The SMILES string of the molecule is CO[C@H](C)c1c(NC(=O)Nc2cc(C(F)(F)F)c(-n3nccn3)nc2C)cnc2ccc(C)nc12. The molecule has 4 aromatic rings. The van der Waals surface area contributed by atoms with E-state index in [0.29, 0.717) is 22.3 Å². The average Bonchev–Trinajstić information content (AvgIpc) is 3.33. The third kappa shape index (κ3) is 4.89. The molecule has 2 amide bonds. The standard InChI is InChI=1S/C22H21F3N8O2/c1-11-5-6-15-19(29-11)18(13(3)35-4)17(10-26-15)32-21(34)31-16-9-14(22(23,24)25)20(30-12(16)2)33-27-7-8-28-33/h5-10,13H,1-4H3,(H2,31,32,34)/t13-/m1/s1. The second kappa shape index (κ2) is 9.25. The zero-order valence-corrected chi connectivity index (χ0v) is 19.2. The van der Waals surface area contributed by atoms with Gasteiger partial charge in [0.15, 0.2) is 5.82 Å². The van der Waals surface area contributed by atoms with Gasteiger partial charge in [0.05, 0.1) is 52.8 Å². The predicted octanol–water partition coefficient (Wildman–Crippen LogP) is 4.59. The third-order valence-electron chi connectivity index (χ3n) is 5.25. The molecular formula is C22H21F3N8O2. The molecule has 0 aromatic carbocycles. The van der Waals surface area contributed by atoms with E-state index in [2.05, 4.69) is 35.8 Å². The molecule has 4 heterocycles. The van der Waals surface area contributed by atoms with E-state index in [9.17, 15) is 18.0 Å². The predicted molar refractivity (Wildman–Crippen MR) is 121 cm³/mol. The first-order valence-electron chi connectivity index (χ1n) is 10.4. The van der Waals surface area contributed by atoms with Crippen molar-refractivity contribution in [1.82, 2.24) is 29.9 Å². The number of alkyl halides is 3. The number of anilines is 2. The Morgan fingerprint density at radius 1 is 1.09 bits per heavy atom. The lowest BCUT2D eigenvalue weighted by Crippen LogP contribution is -2.23. The van der Waals surface area contributed by atoms with Crippen LogP contribution in [0.1, 0.15) is 35.5 Å². The molecule has 13 heteroatoms. The molecule has 0 saturated carbocycles. The maximum absolute atomic E-state index is 13.7. The number of ether oxygens (including phenoxy) is 1. The number of methoxy groups -OCH3 is 1. The smallest absolute Gasteiger partial charge is 0.377 e. The molecule has 4 aromatic heterocycles. The van der Waals surface area contributed by atoms with Crippen LogP contribution in [0.5, 0.6) is 0 Å². The van der Waals surface area contributed by atoms with Crippen LogP contribution in [0.15, 0.2) is 36.8 Å². The first-order valence-corrected chi connectivity index (χ1v) is 10.4. The highest BCUT2D eigenvalue weighted by atomic mass is 19.4. The Labute approximate surface area is 197 Å². The number of hydrogen-bond donors (Lipinski definition) is 2. The minimum absolute atomic E-state index is 0.130. The van der Waals surface area contributed by atoms with Crippen molar-refractivity contribution in [3.63, 3.8) is 0 Å². The number of carbonyl (C=O) groups is 1. The number of fused-ring (bicyclic) bond motifs is 1. The molecule has 0 saturated heterocycles. The zero-order chi connectivity index (χ0) is 25.3. The highest BCUT2D eigenvalue weighted by Gasteiger charge is 2.36. The fourth-order valence-electron chi connectivity index (χ4n) is 3.49. The minimum atomic E-state index is -4.76. The topological polar surface area (TPSA) is 120 Å². The molecule has 182 valence electrons. The van der Waals surface area contributed by atoms with Crippen LogP contribution in [0, 0.1) is 13.8 Å². The normalized spacial score (nSPS) is 12.5. The lowest BCUT2D eigenvalue weighted by molar-refractivity contribution is -0.137. The average molecular weight is 486 g/mol. The number of hydrogen-bond acceptors (Lipinski definition) is 7. The summed E-state index contributed by atoms with van der Waals surface area (Å²) in [6.07, 6.45) is -1.29. The Morgan fingerprint density at radius 2 is 1.77 bits per heavy atom. The van der Waals surface area contributed by atoms with Crippen LogP contribution in [-0.4, -0.2) is 43.1 Å². The quantitative estimate of drug-likeness (QED) is 0.423. The van der Waals surface area contributed by atoms with Gasteiger partial charge in [-0.05, 0) is 39.0 Å². The van der Waals surface area contributed by atoms with Gasteiger partial charge in [-0.25, -0.2) is 9.78 Å². The van der Waals surface area contributed by atoms with Crippen LogP contribution < -0.4 is 10.6 Å². The minimum Gasteiger partial charge on any atom is -0.377 e. The van der Waals surface area contributed by atoms with Crippen molar-refractivity contribution in [2.45, 2.75) is 33.1 Å². The molecule has 0 aliphatic heterocycles. The summed E-state index contributed by atoms with van der Waals surface area (Å²) in [6.45, 7) is 5.07. The van der Waals surface area contributed by atoms with Crippen molar-refractivity contribution in [1.29, 1.82) is 0 Å². The zero-order valence-electron chi connectivity index (χ0n) is 19.2. The van der Waals surface area contributed by atoms with E-state index in [4.69, 9.17) is 4.74 Å². The Hall–Kier alpha value is -4.13. The summed E-state index contributed by atoms with van der Waals surface area (Å²) in [5.41, 5.74) is 1.70. The summed E-state index contributed by atoms with van der Waals surface area (Å²) < 4.78 is 46.7. The van der Waals surface area contributed by atoms with Crippen LogP contribution in [0.2, 0.25) is 0 Å². The number of nitrogens with zero attached hydrogens (tertiary/aromatic N) is 6. The van der Waals surface area contributed by atoms with Crippen molar-refractivity contribution in [2.24, 2.45) is 0 Å². The van der Waals surface area contributed by atoms with E-state index in [-0.39, 0.29) is 11.4 Å². The second-order valence-corrected chi connectivity index (χ2v) is 7.67. The van der Waals surface area contributed by atoms with Gasteiger partial charge in [0.25, 0.3) is 0 Å². The first kappa shape index (κ1) is 24.0. The van der Waals surface area contributed by atoms with Gasteiger partial charge in [0, 0.05) is 18.4 Å². The van der Waals surface area contributed by atoms with Gasteiger partial charge in [-0.2, -0.15) is 23.4 Å². The summed E-state index contributed by atoms with van der Waals surface area (Å²) in [4.78, 5) is 26.4. The fourth-order valence-corrected chi connectivity index (χ4v) is 3.49. The summed E-state index contributed by atoms with van der Waals surface area (Å²) in [6, 6.07) is 3.62. The molecule has 0 fully saturated rings. The molecule has 0 unspecified atom stereocenters. The number of pyridine rings is 3. The number of aromatic nitrogens is 6. The molecule has 0 bridgehead atoms. The number of rotatable bonds is 5. The molecule has 0 aliphatic rings. The van der Waals surface area contributed by atoms with Crippen molar-refractivity contribution >= 4 is 28.4 Å². The lowest BCUT2D eigenvalue weighted by atomic mass is 10.1. The molecule has 1 atom stereocenters. The molecule has 0 aliphatic carbocycles. The number of halogens is 3. The van der Waals surface area contributed by atoms with Crippen LogP contribution in [0.25, 0.3) is 16.9 Å². The van der Waals surface area contributed by atoms with E-state index in [1.165, 1.54) is 32.6 Å². The largest absolute Gasteiger partial charge is 0.420 e. The lowest BCUT2D eigenvalue weighted by Gasteiger charge is -2.19. The van der Waals surface area contributed by atoms with Crippen LogP contribution in [-0.2, 0) is 10.9 Å². The van der Waals surface area contributed by atoms with Gasteiger partial charge >= 0.3 is 12.2 Å². The molecule has 35 heavy (non-hydrogen) atoms. The summed E-state index contributed by atoms with van der Waals surface area (Å²) in [5.74, 6) is -0.498. The highest BCUT2D eigenvalue weighted by Crippen LogP contribution is 2.35. The Balaban J connectivity index is 1.69. The van der Waals surface area contributed by atoms with Crippen molar-refractivity contribution in [2.75, 3.05) is 17.7 Å². The van der Waals surface area contributed by atoms with Gasteiger partial charge in [-0.1, -0.05) is 0 Å². The summed E-state index contributed by atoms with van der Waals surface area (Å²) in [7, 11) is 1.51. The number of carbonyl (C=O) groups excluding carboxylic acids is 1. The number of urea groups is 1. The van der Waals surface area contributed by atoms with E-state index in [1.807, 2.05) is 13.0 Å². The maximum Gasteiger partial charge on any atom is 0.420 e. The van der Waals surface area contributed by atoms with Crippen LogP contribution >= 0.6 is 0 Å². The summed E-state index contributed by atoms with van der Waals surface area (Å²) in [5, 5.41) is 12.5. The Morgan fingerprint density at radius 3 is 2.43 bits per heavy atom. The summed E-state index contributed by atoms with van der Waals surface area (Å²) >= 11 is 0. The van der Waals surface area contributed by atoms with Crippen molar-refractivity contribution in [3.8, 4) is 5.82 Å². The van der Waals surface area contributed by atoms with Gasteiger partial charge in [0.1, 0.15) is 5.56 Å². The van der Waals surface area contributed by atoms with Gasteiger partial charge in [-0.15, -0.1) is 4.80 Å². The van der Waals surface area contributed by atoms with Crippen LogP contribution in [0.3, 0.4) is 0 Å². The third-order valence-corrected chi connectivity index (χ3v) is 5.25. The Kier molecular flexibility index (Phi) is 6.35. The van der Waals surface area contributed by atoms with Crippen molar-refractivity contribution < 1.29 is 22.7 Å². The number of nitrogens with one attached hydrogen (secondary N) is 2.